The minimum Gasteiger partial charge on any atom is -0.465 e. The van der Waals surface area contributed by atoms with Gasteiger partial charge in [-0.3, -0.25) is 4.90 Å². The molecule has 6 heteroatoms. The zero-order chi connectivity index (χ0) is 22.9. The lowest BCUT2D eigenvalue weighted by atomic mass is 9.87. The lowest BCUT2D eigenvalue weighted by Gasteiger charge is -2.39. The number of aromatic nitrogens is 1. The highest BCUT2D eigenvalue weighted by Gasteiger charge is 2.31. The Morgan fingerprint density at radius 1 is 1.24 bits per heavy atom. The molecule has 1 fully saturated rings. The molecule has 6 nitrogen and oxygen atoms in total. The van der Waals surface area contributed by atoms with Crippen LogP contribution in [0.5, 0.6) is 0 Å². The Morgan fingerprint density at radius 2 is 2.06 bits per heavy atom. The first-order valence-corrected chi connectivity index (χ1v) is 11.9. The highest BCUT2D eigenvalue weighted by Crippen LogP contribution is 2.39. The number of H-pyrrole nitrogens is 1. The van der Waals surface area contributed by atoms with Gasteiger partial charge in [0.25, 0.3) is 0 Å². The van der Waals surface area contributed by atoms with Gasteiger partial charge in [-0.25, -0.2) is 4.79 Å². The molecule has 33 heavy (non-hydrogen) atoms. The van der Waals surface area contributed by atoms with Crippen LogP contribution >= 0.6 is 0 Å². The Labute approximate surface area is 194 Å². The van der Waals surface area contributed by atoms with E-state index in [1.165, 1.54) is 16.6 Å². The molecule has 1 aliphatic heterocycles. The minimum atomic E-state index is -0.872. The molecule has 5 rings (SSSR count). The van der Waals surface area contributed by atoms with Crippen molar-refractivity contribution in [2.75, 3.05) is 18.0 Å². The number of hydrogen-bond donors (Lipinski definition) is 2. The van der Waals surface area contributed by atoms with Crippen LogP contribution in [0.3, 0.4) is 0 Å². The molecule has 0 spiro atoms. The molecule has 1 aliphatic carbocycles. The van der Waals surface area contributed by atoms with E-state index in [-0.39, 0.29) is 6.04 Å². The van der Waals surface area contributed by atoms with Crippen LogP contribution in [0, 0.1) is 17.2 Å². The van der Waals surface area contributed by atoms with Crippen molar-refractivity contribution >= 4 is 22.7 Å². The molecule has 2 N–H and O–H groups in total. The Balaban J connectivity index is 1.49. The molecule has 1 saturated heterocycles. The van der Waals surface area contributed by atoms with E-state index >= 15 is 0 Å². The number of nitrogens with zero attached hydrogens (tertiary/aromatic N) is 3. The minimum absolute atomic E-state index is 0.0723. The Hall–Kier alpha value is -3.46. The third-order valence-electron chi connectivity index (χ3n) is 7.30. The maximum absolute atomic E-state index is 12.2. The van der Waals surface area contributed by atoms with Gasteiger partial charge in [0.1, 0.15) is 6.07 Å². The quantitative estimate of drug-likeness (QED) is 0.573. The van der Waals surface area contributed by atoms with Gasteiger partial charge in [0.2, 0.25) is 0 Å². The second kappa shape index (κ2) is 8.82. The van der Waals surface area contributed by atoms with Crippen LogP contribution in [0.25, 0.3) is 10.9 Å². The molecule has 1 amide bonds. The van der Waals surface area contributed by atoms with Gasteiger partial charge < -0.3 is 15.0 Å². The average Bonchev–Trinajstić information content (AvgIpc) is 3.21. The van der Waals surface area contributed by atoms with Crippen LogP contribution in [0.2, 0.25) is 0 Å². The summed E-state index contributed by atoms with van der Waals surface area (Å²) < 4.78 is 0. The third-order valence-corrected chi connectivity index (χ3v) is 7.30. The molecular formula is C27H30N4O2. The summed E-state index contributed by atoms with van der Waals surface area (Å²) in [6.45, 7) is 4.24. The van der Waals surface area contributed by atoms with Crippen molar-refractivity contribution in [1.29, 1.82) is 5.26 Å². The lowest BCUT2D eigenvalue weighted by Crippen LogP contribution is -2.49. The Kier molecular flexibility index (Phi) is 5.72. The molecule has 0 bridgehead atoms. The fourth-order valence-corrected chi connectivity index (χ4v) is 5.61. The van der Waals surface area contributed by atoms with Crippen molar-refractivity contribution in [3.05, 3.63) is 64.8 Å². The van der Waals surface area contributed by atoms with Gasteiger partial charge in [-0.2, -0.15) is 5.26 Å². The fraction of sp³-hybridized carbons (Fsp3) is 0.407. The Bertz CT molecular complexity index is 1210. The van der Waals surface area contributed by atoms with Crippen LogP contribution in [-0.4, -0.2) is 40.2 Å². The van der Waals surface area contributed by atoms with Crippen LogP contribution in [0.1, 0.15) is 48.6 Å². The first-order valence-electron chi connectivity index (χ1n) is 11.9. The van der Waals surface area contributed by atoms with Crippen molar-refractivity contribution in [3.8, 4) is 6.07 Å². The van der Waals surface area contributed by atoms with E-state index in [4.69, 9.17) is 0 Å². The summed E-state index contributed by atoms with van der Waals surface area (Å²) in [4.78, 5) is 19.7. The molecule has 2 atom stereocenters. The van der Waals surface area contributed by atoms with E-state index in [9.17, 15) is 15.2 Å². The predicted octanol–water partition coefficient (Wildman–Crippen LogP) is 5.31. The second-order valence-electron chi connectivity index (χ2n) is 9.56. The standard InChI is InChI=1S/C27H30N4O2/c1-18-9-11-22-23(14-18)29-26-20(15-28)10-12-24(25(22)26)30-13-5-8-21(17-30)31(27(32)33)16-19-6-3-2-4-7-19/h2-4,6-7,10,12,18,21,29H,5,8-9,11,13-14,16-17H2,1H3,(H,32,33)/t18?,21-/m0/s1. The number of anilines is 1. The largest absolute Gasteiger partial charge is 0.465 e. The van der Waals surface area contributed by atoms with Crippen LogP contribution < -0.4 is 4.90 Å². The molecule has 170 valence electrons. The second-order valence-corrected chi connectivity index (χ2v) is 9.56. The van der Waals surface area contributed by atoms with Gasteiger partial charge >= 0.3 is 6.09 Å². The SMILES string of the molecule is CC1CCc2c([nH]c3c(C#N)ccc(N4CCC[C@H](N(Cc5ccccc5)C(=O)O)C4)c23)C1. The van der Waals surface area contributed by atoms with Crippen LogP contribution in [0.15, 0.2) is 42.5 Å². The molecule has 2 aromatic carbocycles. The number of nitriles is 1. The zero-order valence-corrected chi connectivity index (χ0v) is 19.1. The predicted molar refractivity (Wildman–Crippen MR) is 129 cm³/mol. The van der Waals surface area contributed by atoms with Crippen molar-refractivity contribution in [3.63, 3.8) is 0 Å². The Morgan fingerprint density at radius 3 is 2.82 bits per heavy atom. The molecule has 1 unspecified atom stereocenters. The molecule has 0 saturated carbocycles. The number of rotatable bonds is 4. The highest BCUT2D eigenvalue weighted by atomic mass is 16.4. The van der Waals surface area contributed by atoms with Crippen molar-refractivity contribution in [1.82, 2.24) is 9.88 Å². The number of aromatic amines is 1. The number of hydrogen-bond acceptors (Lipinski definition) is 3. The average molecular weight is 443 g/mol. The summed E-state index contributed by atoms with van der Waals surface area (Å²) in [6.07, 6.45) is 4.12. The van der Waals surface area contributed by atoms with E-state index in [1.807, 2.05) is 36.4 Å². The summed E-state index contributed by atoms with van der Waals surface area (Å²) in [5.41, 5.74) is 6.36. The van der Waals surface area contributed by atoms with E-state index in [0.29, 0.717) is 24.6 Å². The molecule has 0 radical (unpaired) electrons. The van der Waals surface area contributed by atoms with E-state index in [1.54, 1.807) is 4.90 Å². The number of nitrogens with one attached hydrogen (secondary N) is 1. The molecule has 2 heterocycles. The summed E-state index contributed by atoms with van der Waals surface area (Å²) in [7, 11) is 0. The maximum atomic E-state index is 12.2. The number of benzene rings is 2. The summed E-state index contributed by atoms with van der Waals surface area (Å²) in [6, 6.07) is 16.1. The van der Waals surface area contributed by atoms with E-state index in [0.717, 1.165) is 55.4 Å². The van der Waals surface area contributed by atoms with Gasteiger partial charge in [-0.15, -0.1) is 0 Å². The summed E-state index contributed by atoms with van der Waals surface area (Å²) >= 11 is 0. The number of piperidine rings is 1. The number of fused-ring (bicyclic) bond motifs is 3. The highest BCUT2D eigenvalue weighted by molar-refractivity contribution is 5.99. The summed E-state index contributed by atoms with van der Waals surface area (Å²) in [5, 5.41) is 20.9. The smallest absolute Gasteiger partial charge is 0.407 e. The first kappa shape index (κ1) is 21.4. The van der Waals surface area contributed by atoms with Crippen molar-refractivity contribution < 1.29 is 9.90 Å². The van der Waals surface area contributed by atoms with Gasteiger partial charge in [0, 0.05) is 36.4 Å². The van der Waals surface area contributed by atoms with E-state index < -0.39 is 6.09 Å². The first-order chi connectivity index (χ1) is 16.0. The molecule has 2 aliphatic rings. The van der Waals surface area contributed by atoms with Crippen molar-refractivity contribution in [2.24, 2.45) is 5.92 Å². The summed E-state index contributed by atoms with van der Waals surface area (Å²) in [5.74, 6) is 0.640. The fourth-order valence-electron chi connectivity index (χ4n) is 5.61. The number of carbonyl (C=O) groups is 1. The topological polar surface area (TPSA) is 83.4 Å². The zero-order valence-electron chi connectivity index (χ0n) is 19.1. The van der Waals surface area contributed by atoms with Crippen LogP contribution in [0.4, 0.5) is 10.5 Å². The monoisotopic (exact) mass is 442 g/mol. The number of carboxylic acid groups (broad SMARTS) is 1. The van der Waals surface area contributed by atoms with Gasteiger partial charge in [-0.05, 0) is 61.3 Å². The van der Waals surface area contributed by atoms with Crippen LogP contribution in [-0.2, 0) is 19.4 Å². The number of aryl methyl sites for hydroxylation is 1. The van der Waals surface area contributed by atoms with Gasteiger partial charge in [0.15, 0.2) is 0 Å². The van der Waals surface area contributed by atoms with Gasteiger partial charge in [0.05, 0.1) is 17.1 Å². The molecule has 1 aromatic heterocycles. The lowest BCUT2D eigenvalue weighted by molar-refractivity contribution is 0.114. The molecule has 3 aromatic rings. The van der Waals surface area contributed by atoms with Gasteiger partial charge in [-0.1, -0.05) is 37.3 Å². The normalized spacial score (nSPS) is 20.3. The molecular weight excluding hydrogens is 412 g/mol. The van der Waals surface area contributed by atoms with Crippen molar-refractivity contribution in [2.45, 2.75) is 51.6 Å². The third kappa shape index (κ3) is 4.04. The number of amides is 1. The maximum Gasteiger partial charge on any atom is 0.407 e. The van der Waals surface area contributed by atoms with E-state index in [2.05, 4.69) is 28.9 Å².